The topological polar surface area (TPSA) is 66.5 Å². The van der Waals surface area contributed by atoms with E-state index in [1.807, 2.05) is 13.8 Å². The summed E-state index contributed by atoms with van der Waals surface area (Å²) in [7, 11) is 0. The molecule has 3 amide bonds. The molecule has 2 aliphatic carbocycles. The van der Waals surface area contributed by atoms with Crippen molar-refractivity contribution in [3.05, 3.63) is 35.4 Å². The molecule has 1 heterocycles. The van der Waals surface area contributed by atoms with Gasteiger partial charge in [-0.15, -0.1) is 0 Å². The van der Waals surface area contributed by atoms with Crippen molar-refractivity contribution in [3.63, 3.8) is 0 Å². The monoisotopic (exact) mass is 382 g/mol. The Labute approximate surface area is 166 Å². The molecule has 5 atom stereocenters. The summed E-state index contributed by atoms with van der Waals surface area (Å²) in [5.74, 6) is 1.34. The molecule has 0 saturated heterocycles. The molecule has 150 valence electrons. The van der Waals surface area contributed by atoms with Gasteiger partial charge in [0.25, 0.3) is 11.8 Å². The molecular formula is C23H30N2O3. The van der Waals surface area contributed by atoms with E-state index in [1.165, 1.54) is 30.6 Å². The van der Waals surface area contributed by atoms with Gasteiger partial charge in [0.2, 0.25) is 5.91 Å². The van der Waals surface area contributed by atoms with Crippen LogP contribution in [0.5, 0.6) is 0 Å². The van der Waals surface area contributed by atoms with Crippen molar-refractivity contribution < 1.29 is 14.4 Å². The maximum Gasteiger partial charge on any atom is 0.262 e. The molecule has 2 saturated carbocycles. The zero-order valence-corrected chi connectivity index (χ0v) is 17.0. The van der Waals surface area contributed by atoms with Crippen LogP contribution in [-0.4, -0.2) is 34.7 Å². The van der Waals surface area contributed by atoms with Crippen LogP contribution < -0.4 is 5.32 Å². The second-order valence-corrected chi connectivity index (χ2v) is 9.31. The van der Waals surface area contributed by atoms with Gasteiger partial charge in [0.1, 0.15) is 6.04 Å². The number of nitrogens with one attached hydrogen (secondary N) is 1. The molecule has 1 N–H and O–H groups in total. The lowest BCUT2D eigenvalue weighted by Crippen LogP contribution is -2.53. The van der Waals surface area contributed by atoms with E-state index in [-0.39, 0.29) is 29.7 Å². The lowest BCUT2D eigenvalue weighted by atomic mass is 9.84. The third-order valence-electron chi connectivity index (χ3n) is 6.94. The number of rotatable bonds is 6. The Hall–Kier alpha value is -2.17. The van der Waals surface area contributed by atoms with E-state index >= 15 is 0 Å². The Kier molecular flexibility index (Phi) is 5.02. The number of carbonyl (C=O) groups is 3. The average Bonchev–Trinajstić information content (AvgIpc) is 3.35. The minimum absolute atomic E-state index is 0.0765. The number of amides is 3. The molecule has 2 bridgehead atoms. The van der Waals surface area contributed by atoms with E-state index in [1.54, 1.807) is 24.3 Å². The molecule has 1 aromatic rings. The van der Waals surface area contributed by atoms with Crippen LogP contribution >= 0.6 is 0 Å². The van der Waals surface area contributed by atoms with Crippen molar-refractivity contribution >= 4 is 17.7 Å². The summed E-state index contributed by atoms with van der Waals surface area (Å²) >= 11 is 0. The fourth-order valence-corrected chi connectivity index (χ4v) is 5.60. The maximum absolute atomic E-state index is 13.2. The summed E-state index contributed by atoms with van der Waals surface area (Å²) in [6, 6.07) is 6.15. The van der Waals surface area contributed by atoms with Gasteiger partial charge < -0.3 is 5.32 Å². The number of carbonyl (C=O) groups excluding carboxylic acids is 3. The van der Waals surface area contributed by atoms with Gasteiger partial charge in [-0.25, -0.2) is 0 Å². The van der Waals surface area contributed by atoms with Crippen LogP contribution in [0.4, 0.5) is 0 Å². The van der Waals surface area contributed by atoms with Crippen LogP contribution in [0.2, 0.25) is 0 Å². The number of nitrogens with zero attached hydrogens (tertiary/aromatic N) is 1. The zero-order chi connectivity index (χ0) is 20.0. The van der Waals surface area contributed by atoms with E-state index < -0.39 is 6.04 Å². The van der Waals surface area contributed by atoms with Gasteiger partial charge in [-0.3, -0.25) is 19.3 Å². The SMILES string of the molecule is CC(C)CC(C(=O)NC(C)C1CC2CCC1C2)N1C(=O)c2ccccc2C1=O. The van der Waals surface area contributed by atoms with Crippen molar-refractivity contribution in [2.75, 3.05) is 0 Å². The fourth-order valence-electron chi connectivity index (χ4n) is 5.60. The molecule has 2 fully saturated rings. The average molecular weight is 383 g/mol. The molecular weight excluding hydrogens is 352 g/mol. The summed E-state index contributed by atoms with van der Waals surface area (Å²) in [5, 5.41) is 3.17. The highest BCUT2D eigenvalue weighted by Crippen LogP contribution is 2.49. The lowest BCUT2D eigenvalue weighted by Gasteiger charge is -2.32. The minimum atomic E-state index is -0.756. The summed E-state index contributed by atoms with van der Waals surface area (Å²) < 4.78 is 0. The summed E-state index contributed by atoms with van der Waals surface area (Å²) in [5.41, 5.74) is 0.797. The largest absolute Gasteiger partial charge is 0.352 e. The van der Waals surface area contributed by atoms with Crippen LogP contribution in [-0.2, 0) is 4.79 Å². The molecule has 5 unspecified atom stereocenters. The van der Waals surface area contributed by atoms with Gasteiger partial charge in [-0.05, 0) is 68.4 Å². The maximum atomic E-state index is 13.2. The summed E-state index contributed by atoms with van der Waals surface area (Å²) in [6.45, 7) is 6.10. The Morgan fingerprint density at radius 1 is 1.07 bits per heavy atom. The van der Waals surface area contributed by atoms with Crippen molar-refractivity contribution in [2.24, 2.45) is 23.7 Å². The van der Waals surface area contributed by atoms with Gasteiger partial charge in [0.15, 0.2) is 0 Å². The van der Waals surface area contributed by atoms with Crippen molar-refractivity contribution in [2.45, 2.75) is 65.0 Å². The Balaban J connectivity index is 1.52. The second-order valence-electron chi connectivity index (χ2n) is 9.31. The number of benzene rings is 1. The van der Waals surface area contributed by atoms with Crippen molar-refractivity contribution in [1.29, 1.82) is 0 Å². The molecule has 0 aromatic heterocycles. The number of imide groups is 1. The van der Waals surface area contributed by atoms with E-state index in [4.69, 9.17) is 0 Å². The smallest absolute Gasteiger partial charge is 0.262 e. The predicted octanol–water partition coefficient (Wildman–Crippen LogP) is 3.64. The van der Waals surface area contributed by atoms with Gasteiger partial charge in [-0.2, -0.15) is 0 Å². The third-order valence-corrected chi connectivity index (χ3v) is 6.94. The molecule has 5 heteroatoms. The van der Waals surface area contributed by atoms with Crippen LogP contribution in [0.3, 0.4) is 0 Å². The Morgan fingerprint density at radius 2 is 1.71 bits per heavy atom. The van der Waals surface area contributed by atoms with Gasteiger partial charge in [0.05, 0.1) is 11.1 Å². The molecule has 1 aliphatic heterocycles. The van der Waals surface area contributed by atoms with Crippen LogP contribution in [0.1, 0.15) is 73.6 Å². The third kappa shape index (κ3) is 3.25. The van der Waals surface area contributed by atoms with Crippen molar-refractivity contribution in [3.8, 4) is 0 Å². The minimum Gasteiger partial charge on any atom is -0.352 e. The second kappa shape index (κ2) is 7.34. The first-order valence-electron chi connectivity index (χ1n) is 10.6. The number of hydrogen-bond acceptors (Lipinski definition) is 3. The highest BCUT2D eigenvalue weighted by Gasteiger charge is 2.45. The first-order valence-corrected chi connectivity index (χ1v) is 10.6. The highest BCUT2D eigenvalue weighted by molar-refractivity contribution is 6.22. The standard InChI is InChI=1S/C23H30N2O3/c1-13(2)10-20(25-22(27)17-6-4-5-7-18(17)23(25)28)21(26)24-14(3)19-12-15-8-9-16(19)11-15/h4-7,13-16,19-20H,8-12H2,1-3H3,(H,24,26). The molecule has 5 nitrogen and oxygen atoms in total. The first kappa shape index (κ1) is 19.2. The van der Waals surface area contributed by atoms with Gasteiger partial charge >= 0.3 is 0 Å². The Bertz CT molecular complexity index is 768. The molecule has 4 rings (SSSR count). The van der Waals surface area contributed by atoms with E-state index in [0.29, 0.717) is 29.4 Å². The quantitative estimate of drug-likeness (QED) is 0.764. The van der Waals surface area contributed by atoms with E-state index in [2.05, 4.69) is 12.2 Å². The van der Waals surface area contributed by atoms with Crippen LogP contribution in [0.15, 0.2) is 24.3 Å². The lowest BCUT2D eigenvalue weighted by molar-refractivity contribution is -0.126. The molecule has 0 spiro atoms. The molecule has 3 aliphatic rings. The molecule has 0 radical (unpaired) electrons. The summed E-state index contributed by atoms with van der Waals surface area (Å²) in [4.78, 5) is 40.2. The van der Waals surface area contributed by atoms with E-state index in [9.17, 15) is 14.4 Å². The van der Waals surface area contributed by atoms with Crippen LogP contribution in [0.25, 0.3) is 0 Å². The van der Waals surface area contributed by atoms with E-state index in [0.717, 1.165) is 5.92 Å². The molecule has 1 aromatic carbocycles. The zero-order valence-electron chi connectivity index (χ0n) is 17.0. The number of fused-ring (bicyclic) bond motifs is 3. The first-order chi connectivity index (χ1) is 13.4. The highest BCUT2D eigenvalue weighted by atomic mass is 16.2. The van der Waals surface area contributed by atoms with Gasteiger partial charge in [0, 0.05) is 6.04 Å². The Morgan fingerprint density at radius 3 is 2.21 bits per heavy atom. The predicted molar refractivity (Wildman–Crippen MR) is 107 cm³/mol. The van der Waals surface area contributed by atoms with Crippen molar-refractivity contribution in [1.82, 2.24) is 10.2 Å². The number of hydrogen-bond donors (Lipinski definition) is 1. The van der Waals surface area contributed by atoms with Gasteiger partial charge in [-0.1, -0.05) is 32.4 Å². The molecule has 28 heavy (non-hydrogen) atoms. The normalized spacial score (nSPS) is 28.0. The summed E-state index contributed by atoms with van der Waals surface area (Å²) in [6.07, 6.45) is 5.55. The van der Waals surface area contributed by atoms with Crippen LogP contribution in [0, 0.1) is 23.7 Å². The fraction of sp³-hybridized carbons (Fsp3) is 0.609.